The second-order valence-corrected chi connectivity index (χ2v) is 3.74. The number of hydrazone groups is 1. The second kappa shape index (κ2) is 6.39. The van der Waals surface area contributed by atoms with Gasteiger partial charge in [0.15, 0.2) is 0 Å². The summed E-state index contributed by atoms with van der Waals surface area (Å²) < 4.78 is 0. The van der Waals surface area contributed by atoms with Crippen molar-refractivity contribution < 1.29 is 19.8 Å². The maximum atomic E-state index is 10.6. The number of benzene rings is 1. The van der Waals surface area contributed by atoms with E-state index in [1.54, 1.807) is 19.1 Å². The van der Waals surface area contributed by atoms with Crippen molar-refractivity contribution in [2.75, 3.05) is 5.43 Å². The fourth-order valence-corrected chi connectivity index (χ4v) is 1.19. The molecule has 0 aromatic heterocycles. The average molecular weight is 250 g/mol. The molecule has 0 radical (unpaired) electrons. The first-order valence-corrected chi connectivity index (χ1v) is 5.33. The van der Waals surface area contributed by atoms with Crippen molar-refractivity contribution in [3.05, 3.63) is 29.8 Å². The summed E-state index contributed by atoms with van der Waals surface area (Å²) in [6, 6.07) is 6.12. The van der Waals surface area contributed by atoms with Gasteiger partial charge in [-0.1, -0.05) is 0 Å². The Kier molecular flexibility index (Phi) is 4.86. The first kappa shape index (κ1) is 13.7. The molecule has 6 heteroatoms. The molecule has 0 atom stereocenters. The topological polar surface area (TPSA) is 99.0 Å². The van der Waals surface area contributed by atoms with E-state index in [0.717, 1.165) is 0 Å². The molecule has 1 aromatic carbocycles. The molecule has 0 saturated heterocycles. The van der Waals surface area contributed by atoms with Gasteiger partial charge in [0.05, 0.1) is 17.7 Å². The summed E-state index contributed by atoms with van der Waals surface area (Å²) >= 11 is 0. The van der Waals surface area contributed by atoms with Crippen LogP contribution in [0.25, 0.3) is 0 Å². The van der Waals surface area contributed by atoms with Crippen molar-refractivity contribution in [2.45, 2.75) is 19.8 Å². The van der Waals surface area contributed by atoms with Gasteiger partial charge in [0.1, 0.15) is 0 Å². The first-order valence-electron chi connectivity index (χ1n) is 5.33. The summed E-state index contributed by atoms with van der Waals surface area (Å²) in [4.78, 5) is 21.0. The van der Waals surface area contributed by atoms with Crippen LogP contribution in [0.3, 0.4) is 0 Å². The number of nitrogens with zero attached hydrogens (tertiary/aromatic N) is 1. The maximum Gasteiger partial charge on any atom is 0.335 e. The number of aromatic carboxylic acids is 1. The Hall–Kier alpha value is -2.37. The molecule has 0 aliphatic rings. The number of anilines is 1. The summed E-state index contributed by atoms with van der Waals surface area (Å²) in [5.41, 5.74) is 4.25. The fraction of sp³-hybridized carbons (Fsp3) is 0.250. The molecule has 1 aromatic rings. The van der Waals surface area contributed by atoms with Gasteiger partial charge in [0.25, 0.3) is 0 Å². The number of carboxylic acids is 2. The van der Waals surface area contributed by atoms with Gasteiger partial charge in [-0.05, 0) is 37.6 Å². The molecule has 0 aliphatic carbocycles. The minimum Gasteiger partial charge on any atom is -0.481 e. The lowest BCUT2D eigenvalue weighted by Gasteiger charge is -2.03. The van der Waals surface area contributed by atoms with E-state index in [1.807, 2.05) is 0 Å². The predicted molar refractivity (Wildman–Crippen MR) is 67.0 cm³/mol. The molecular formula is C12H14N2O4. The summed E-state index contributed by atoms with van der Waals surface area (Å²) in [5.74, 6) is -1.85. The Morgan fingerprint density at radius 2 is 1.78 bits per heavy atom. The molecule has 0 heterocycles. The average Bonchev–Trinajstić information content (AvgIpc) is 2.34. The van der Waals surface area contributed by atoms with Crippen molar-refractivity contribution in [3.63, 3.8) is 0 Å². The number of nitrogens with one attached hydrogen (secondary N) is 1. The molecule has 0 saturated carbocycles. The van der Waals surface area contributed by atoms with Crippen LogP contribution in [-0.2, 0) is 4.79 Å². The van der Waals surface area contributed by atoms with Gasteiger partial charge in [-0.25, -0.2) is 4.79 Å². The van der Waals surface area contributed by atoms with Crippen LogP contribution in [-0.4, -0.2) is 27.9 Å². The number of carbonyl (C=O) groups is 2. The highest BCUT2D eigenvalue weighted by Crippen LogP contribution is 2.09. The van der Waals surface area contributed by atoms with Crippen LogP contribution >= 0.6 is 0 Å². The minimum absolute atomic E-state index is 0.0367. The highest BCUT2D eigenvalue weighted by atomic mass is 16.4. The van der Waals surface area contributed by atoms with Gasteiger partial charge in [0.2, 0.25) is 0 Å². The lowest BCUT2D eigenvalue weighted by Crippen LogP contribution is -2.02. The zero-order valence-electron chi connectivity index (χ0n) is 9.88. The summed E-state index contributed by atoms with van der Waals surface area (Å²) in [6.45, 7) is 1.72. The van der Waals surface area contributed by atoms with E-state index in [9.17, 15) is 9.59 Å². The van der Waals surface area contributed by atoms with Gasteiger partial charge in [0, 0.05) is 5.71 Å². The van der Waals surface area contributed by atoms with Gasteiger partial charge < -0.3 is 10.2 Å². The zero-order valence-corrected chi connectivity index (χ0v) is 9.88. The lowest BCUT2D eigenvalue weighted by atomic mass is 10.2. The van der Waals surface area contributed by atoms with Gasteiger partial charge >= 0.3 is 11.9 Å². The smallest absolute Gasteiger partial charge is 0.335 e. The van der Waals surface area contributed by atoms with Gasteiger partial charge in [-0.3, -0.25) is 10.2 Å². The van der Waals surface area contributed by atoms with Crippen LogP contribution in [0.1, 0.15) is 30.1 Å². The molecular weight excluding hydrogens is 236 g/mol. The number of rotatable bonds is 6. The van der Waals surface area contributed by atoms with Crippen molar-refractivity contribution in [3.8, 4) is 0 Å². The van der Waals surface area contributed by atoms with Crippen LogP contribution in [0, 0.1) is 0 Å². The summed E-state index contributed by atoms with van der Waals surface area (Å²) in [6.07, 6.45) is 0.407. The predicted octanol–water partition coefficient (Wildman–Crippen LogP) is 2.04. The third-order valence-corrected chi connectivity index (χ3v) is 2.21. The van der Waals surface area contributed by atoms with E-state index >= 15 is 0 Å². The third-order valence-electron chi connectivity index (χ3n) is 2.21. The molecule has 0 bridgehead atoms. The van der Waals surface area contributed by atoms with Gasteiger partial charge in [-0.2, -0.15) is 5.10 Å². The third kappa shape index (κ3) is 4.65. The van der Waals surface area contributed by atoms with Crippen molar-refractivity contribution in [1.82, 2.24) is 0 Å². The monoisotopic (exact) mass is 250 g/mol. The Balaban J connectivity index is 2.54. The molecule has 0 fully saturated rings. The van der Waals surface area contributed by atoms with Crippen molar-refractivity contribution in [1.29, 1.82) is 0 Å². The van der Waals surface area contributed by atoms with Crippen molar-refractivity contribution >= 4 is 23.3 Å². The molecule has 0 spiro atoms. The molecule has 18 heavy (non-hydrogen) atoms. The van der Waals surface area contributed by atoms with Crippen molar-refractivity contribution in [2.24, 2.45) is 5.10 Å². The highest BCUT2D eigenvalue weighted by Gasteiger charge is 2.01. The van der Waals surface area contributed by atoms with E-state index in [4.69, 9.17) is 10.2 Å². The van der Waals surface area contributed by atoms with Crippen LogP contribution in [0.2, 0.25) is 0 Å². The van der Waals surface area contributed by atoms with E-state index in [1.165, 1.54) is 12.1 Å². The Labute approximate surface area is 104 Å². The van der Waals surface area contributed by atoms with E-state index in [-0.39, 0.29) is 12.0 Å². The molecule has 0 unspecified atom stereocenters. The Morgan fingerprint density at radius 1 is 1.17 bits per heavy atom. The molecule has 96 valence electrons. The number of hydrogen-bond donors (Lipinski definition) is 3. The largest absolute Gasteiger partial charge is 0.481 e. The van der Waals surface area contributed by atoms with E-state index in [2.05, 4.69) is 10.5 Å². The van der Waals surface area contributed by atoms with Crippen LogP contribution < -0.4 is 5.43 Å². The Morgan fingerprint density at radius 3 is 2.28 bits per heavy atom. The molecule has 0 amide bonds. The minimum atomic E-state index is -0.984. The quantitative estimate of drug-likeness (QED) is 0.530. The second-order valence-electron chi connectivity index (χ2n) is 3.74. The molecule has 3 N–H and O–H groups in total. The first-order chi connectivity index (χ1) is 8.49. The van der Waals surface area contributed by atoms with E-state index in [0.29, 0.717) is 17.8 Å². The summed E-state index contributed by atoms with van der Waals surface area (Å²) in [7, 11) is 0. The van der Waals surface area contributed by atoms with Crippen LogP contribution in [0.4, 0.5) is 5.69 Å². The summed E-state index contributed by atoms with van der Waals surface area (Å²) in [5, 5.41) is 21.2. The Bertz CT molecular complexity index is 465. The number of hydrogen-bond acceptors (Lipinski definition) is 4. The normalized spacial score (nSPS) is 11.1. The molecule has 0 aliphatic heterocycles. The van der Waals surface area contributed by atoms with E-state index < -0.39 is 11.9 Å². The lowest BCUT2D eigenvalue weighted by molar-refractivity contribution is -0.136. The standard InChI is InChI=1S/C12H14N2O4/c1-8(2-7-11(15)16)13-14-10-5-3-9(4-6-10)12(17)18/h3-6,14H,2,7H2,1H3,(H,15,16)(H,17,18)/b13-8-. The number of aliphatic carboxylic acids is 1. The van der Waals surface area contributed by atoms with Crippen LogP contribution in [0.15, 0.2) is 29.4 Å². The maximum absolute atomic E-state index is 10.6. The zero-order chi connectivity index (χ0) is 13.5. The fourth-order valence-electron chi connectivity index (χ4n) is 1.19. The highest BCUT2D eigenvalue weighted by molar-refractivity contribution is 5.88. The molecule has 1 rings (SSSR count). The molecule has 6 nitrogen and oxygen atoms in total. The SMILES string of the molecule is C/C(CCC(=O)O)=N/Nc1ccc(C(=O)O)cc1. The van der Waals surface area contributed by atoms with Crippen LogP contribution in [0.5, 0.6) is 0 Å². The number of carboxylic acid groups (broad SMARTS) is 2. The van der Waals surface area contributed by atoms with Gasteiger partial charge in [-0.15, -0.1) is 0 Å².